The van der Waals surface area contributed by atoms with Crippen molar-refractivity contribution in [1.82, 2.24) is 4.90 Å². The van der Waals surface area contributed by atoms with E-state index < -0.39 is 0 Å². The molecule has 0 spiro atoms. The fraction of sp³-hybridized carbons (Fsp3) is 0.600. The van der Waals surface area contributed by atoms with Crippen molar-refractivity contribution in [3.63, 3.8) is 0 Å². The summed E-state index contributed by atoms with van der Waals surface area (Å²) in [7, 11) is 0. The summed E-state index contributed by atoms with van der Waals surface area (Å²) in [4.78, 5) is 2.61. The maximum atomic E-state index is 5.94. The quantitative estimate of drug-likeness (QED) is 0.803. The van der Waals surface area contributed by atoms with Gasteiger partial charge in [0.1, 0.15) is 0 Å². The molecule has 0 aromatic heterocycles. The number of nitrogen functional groups attached to an aromatic ring is 1. The van der Waals surface area contributed by atoms with Crippen LogP contribution in [-0.4, -0.2) is 17.5 Å². The van der Waals surface area contributed by atoms with Crippen LogP contribution in [0.25, 0.3) is 0 Å². The van der Waals surface area contributed by atoms with E-state index in [0.717, 1.165) is 28.7 Å². The van der Waals surface area contributed by atoms with Gasteiger partial charge in [-0.25, -0.2) is 0 Å². The molecular formula is C15H23BrN2. The zero-order valence-electron chi connectivity index (χ0n) is 11.3. The number of nitrogens with zero attached hydrogens (tertiary/aromatic N) is 1. The van der Waals surface area contributed by atoms with E-state index in [0.29, 0.717) is 0 Å². The second-order valence-electron chi connectivity index (χ2n) is 5.70. The Hall–Kier alpha value is -0.540. The van der Waals surface area contributed by atoms with Gasteiger partial charge in [-0.15, -0.1) is 0 Å². The van der Waals surface area contributed by atoms with Gasteiger partial charge in [0, 0.05) is 22.7 Å². The first-order chi connectivity index (χ1) is 8.58. The van der Waals surface area contributed by atoms with E-state index in [1.165, 1.54) is 31.4 Å². The third-order valence-corrected chi connectivity index (χ3v) is 4.51. The number of hydrogen-bond acceptors (Lipinski definition) is 2. The lowest BCUT2D eigenvalue weighted by Gasteiger charge is -2.23. The van der Waals surface area contributed by atoms with Gasteiger partial charge in [-0.3, -0.25) is 4.90 Å². The Bertz CT molecular complexity index is 399. The molecule has 1 aliphatic rings. The van der Waals surface area contributed by atoms with Crippen molar-refractivity contribution in [1.29, 1.82) is 0 Å². The first kappa shape index (κ1) is 13.9. The Morgan fingerprint density at radius 3 is 2.72 bits per heavy atom. The molecule has 2 rings (SSSR count). The third kappa shape index (κ3) is 3.72. The molecule has 1 saturated carbocycles. The molecule has 0 unspecified atom stereocenters. The van der Waals surface area contributed by atoms with Crippen LogP contribution in [0.5, 0.6) is 0 Å². The zero-order valence-corrected chi connectivity index (χ0v) is 12.9. The number of nitrogens with two attached hydrogens (primary N) is 1. The second-order valence-corrected chi connectivity index (χ2v) is 6.50. The van der Waals surface area contributed by atoms with Crippen molar-refractivity contribution in [3.8, 4) is 0 Å². The molecule has 0 heterocycles. The van der Waals surface area contributed by atoms with Gasteiger partial charge in [-0.05, 0) is 59.3 Å². The summed E-state index contributed by atoms with van der Waals surface area (Å²) in [6.45, 7) is 6.80. The van der Waals surface area contributed by atoms with E-state index in [-0.39, 0.29) is 0 Å². The van der Waals surface area contributed by atoms with Gasteiger partial charge in [0.2, 0.25) is 0 Å². The summed E-state index contributed by atoms with van der Waals surface area (Å²) in [6.07, 6.45) is 3.99. The summed E-state index contributed by atoms with van der Waals surface area (Å²) in [5.41, 5.74) is 8.10. The van der Waals surface area contributed by atoms with Crippen LogP contribution < -0.4 is 5.73 Å². The van der Waals surface area contributed by atoms with Crippen LogP contribution in [0.4, 0.5) is 5.69 Å². The molecule has 0 bridgehead atoms. The fourth-order valence-electron chi connectivity index (χ4n) is 2.20. The first-order valence-corrected chi connectivity index (χ1v) is 7.64. The van der Waals surface area contributed by atoms with Crippen LogP contribution >= 0.6 is 15.9 Å². The van der Waals surface area contributed by atoms with Crippen molar-refractivity contribution < 1.29 is 0 Å². The predicted octanol–water partition coefficient (Wildman–Crippen LogP) is 4.04. The lowest BCUT2D eigenvalue weighted by atomic mass is 10.1. The Morgan fingerprint density at radius 2 is 2.11 bits per heavy atom. The topological polar surface area (TPSA) is 29.3 Å². The summed E-state index contributed by atoms with van der Waals surface area (Å²) in [5.74, 6) is 0.774. The highest BCUT2D eigenvalue weighted by atomic mass is 79.9. The van der Waals surface area contributed by atoms with Crippen molar-refractivity contribution in [2.24, 2.45) is 5.92 Å². The van der Waals surface area contributed by atoms with Crippen molar-refractivity contribution >= 4 is 21.6 Å². The number of benzene rings is 1. The second kappa shape index (κ2) is 6.07. The standard InChI is InChI=1S/C15H23BrN2/c1-11(2)8-9-18(13-6-7-13)10-12-4-3-5-14(17)15(12)16/h3-5,11,13H,6-10,17H2,1-2H3. The highest BCUT2D eigenvalue weighted by Gasteiger charge is 2.29. The lowest BCUT2D eigenvalue weighted by molar-refractivity contribution is 0.239. The van der Waals surface area contributed by atoms with Crippen molar-refractivity contribution in [2.45, 2.75) is 45.7 Å². The van der Waals surface area contributed by atoms with Gasteiger partial charge >= 0.3 is 0 Å². The number of anilines is 1. The molecule has 18 heavy (non-hydrogen) atoms. The van der Waals surface area contributed by atoms with Crippen LogP contribution in [0.3, 0.4) is 0 Å². The highest BCUT2D eigenvalue weighted by molar-refractivity contribution is 9.10. The summed E-state index contributed by atoms with van der Waals surface area (Å²) in [5, 5.41) is 0. The summed E-state index contributed by atoms with van der Waals surface area (Å²) in [6, 6.07) is 6.97. The molecule has 0 atom stereocenters. The molecular weight excluding hydrogens is 288 g/mol. The number of hydrogen-bond donors (Lipinski definition) is 1. The molecule has 1 aliphatic carbocycles. The van der Waals surface area contributed by atoms with Crippen molar-refractivity contribution in [2.75, 3.05) is 12.3 Å². The molecule has 1 aromatic rings. The summed E-state index contributed by atoms with van der Waals surface area (Å²) < 4.78 is 1.07. The normalized spacial score (nSPS) is 15.6. The highest BCUT2D eigenvalue weighted by Crippen LogP contribution is 2.31. The van der Waals surface area contributed by atoms with E-state index in [1.807, 2.05) is 12.1 Å². The predicted molar refractivity (Wildman–Crippen MR) is 81.4 cm³/mol. The number of halogens is 1. The molecule has 1 aromatic carbocycles. The molecule has 0 radical (unpaired) electrons. The van der Waals surface area contributed by atoms with E-state index in [4.69, 9.17) is 5.73 Å². The van der Waals surface area contributed by atoms with Crippen molar-refractivity contribution in [3.05, 3.63) is 28.2 Å². The van der Waals surface area contributed by atoms with Gasteiger partial charge in [-0.2, -0.15) is 0 Å². The van der Waals surface area contributed by atoms with Crippen LogP contribution in [-0.2, 0) is 6.54 Å². The maximum absolute atomic E-state index is 5.94. The molecule has 0 aliphatic heterocycles. The minimum atomic E-state index is 0.774. The van der Waals surface area contributed by atoms with E-state index >= 15 is 0 Å². The summed E-state index contributed by atoms with van der Waals surface area (Å²) >= 11 is 3.61. The minimum absolute atomic E-state index is 0.774. The van der Waals surface area contributed by atoms with Gasteiger partial charge in [0.25, 0.3) is 0 Å². The Morgan fingerprint density at radius 1 is 1.39 bits per heavy atom. The van der Waals surface area contributed by atoms with Crippen LogP contribution in [0.2, 0.25) is 0 Å². The molecule has 0 amide bonds. The average molecular weight is 311 g/mol. The van der Waals surface area contributed by atoms with Crippen LogP contribution in [0, 0.1) is 5.92 Å². The van der Waals surface area contributed by atoms with Crippen LogP contribution in [0.15, 0.2) is 22.7 Å². The molecule has 2 nitrogen and oxygen atoms in total. The number of rotatable bonds is 6. The van der Waals surface area contributed by atoms with E-state index in [9.17, 15) is 0 Å². The third-order valence-electron chi connectivity index (χ3n) is 3.54. The molecule has 3 heteroatoms. The Kier molecular flexibility index (Phi) is 4.68. The lowest BCUT2D eigenvalue weighted by Crippen LogP contribution is -2.27. The largest absolute Gasteiger partial charge is 0.398 e. The maximum Gasteiger partial charge on any atom is 0.0461 e. The molecule has 100 valence electrons. The first-order valence-electron chi connectivity index (χ1n) is 6.85. The van der Waals surface area contributed by atoms with Crippen LogP contribution in [0.1, 0.15) is 38.7 Å². The average Bonchev–Trinajstić information content (AvgIpc) is 3.13. The monoisotopic (exact) mass is 310 g/mol. The van der Waals surface area contributed by atoms with Gasteiger partial charge in [0.15, 0.2) is 0 Å². The molecule has 1 fully saturated rings. The zero-order chi connectivity index (χ0) is 13.1. The van der Waals surface area contributed by atoms with E-state index in [1.54, 1.807) is 0 Å². The van der Waals surface area contributed by atoms with Gasteiger partial charge in [0.05, 0.1) is 0 Å². The Labute approximate surface area is 119 Å². The van der Waals surface area contributed by atoms with Gasteiger partial charge in [-0.1, -0.05) is 26.0 Å². The molecule has 2 N–H and O–H groups in total. The molecule has 0 saturated heterocycles. The fourth-order valence-corrected chi connectivity index (χ4v) is 2.58. The van der Waals surface area contributed by atoms with E-state index in [2.05, 4.69) is 40.7 Å². The minimum Gasteiger partial charge on any atom is -0.398 e. The SMILES string of the molecule is CC(C)CCN(Cc1cccc(N)c1Br)C1CC1. The smallest absolute Gasteiger partial charge is 0.0461 e. The Balaban J connectivity index is 2.01. The van der Waals surface area contributed by atoms with Gasteiger partial charge < -0.3 is 5.73 Å².